The molecule has 7 nitrogen and oxygen atoms in total. The number of rotatable bonds is 9. The predicted molar refractivity (Wildman–Crippen MR) is 112 cm³/mol. The fourth-order valence-corrected chi connectivity index (χ4v) is 4.17. The van der Waals surface area contributed by atoms with E-state index in [-0.39, 0.29) is 5.91 Å². The highest BCUT2D eigenvalue weighted by molar-refractivity contribution is 5.95. The SMILES string of the molecule is COCCCn1c(C)cc(C(=O)NCCn2c(C)cnc2C2CCOCC2)c1C. The first-order chi connectivity index (χ1) is 14.0. The van der Waals surface area contributed by atoms with E-state index in [0.717, 1.165) is 80.6 Å². The zero-order valence-electron chi connectivity index (χ0n) is 18.2. The van der Waals surface area contributed by atoms with Crippen LogP contribution in [0.5, 0.6) is 0 Å². The number of nitrogens with one attached hydrogen (secondary N) is 1. The normalized spacial score (nSPS) is 15.0. The third-order valence-electron chi connectivity index (χ3n) is 5.84. The average molecular weight is 403 g/mol. The second-order valence-corrected chi connectivity index (χ2v) is 7.83. The van der Waals surface area contributed by atoms with E-state index in [4.69, 9.17) is 9.47 Å². The molecular formula is C22H34N4O3. The van der Waals surface area contributed by atoms with Crippen molar-refractivity contribution in [2.45, 2.75) is 59.0 Å². The number of aryl methyl sites for hydroxylation is 2. The van der Waals surface area contributed by atoms with Crippen molar-refractivity contribution < 1.29 is 14.3 Å². The van der Waals surface area contributed by atoms with Gasteiger partial charge in [0.2, 0.25) is 0 Å². The third-order valence-corrected chi connectivity index (χ3v) is 5.84. The van der Waals surface area contributed by atoms with Gasteiger partial charge in [-0.25, -0.2) is 4.98 Å². The van der Waals surface area contributed by atoms with Gasteiger partial charge in [0.15, 0.2) is 0 Å². The van der Waals surface area contributed by atoms with Crippen LogP contribution in [0.15, 0.2) is 12.3 Å². The number of methoxy groups -OCH3 is 1. The van der Waals surface area contributed by atoms with E-state index in [0.29, 0.717) is 12.5 Å². The zero-order valence-corrected chi connectivity index (χ0v) is 18.2. The molecule has 3 rings (SSSR count). The number of carbonyl (C=O) groups is 1. The van der Waals surface area contributed by atoms with Gasteiger partial charge in [-0.1, -0.05) is 0 Å². The Balaban J connectivity index is 1.59. The minimum atomic E-state index is -0.0125. The summed E-state index contributed by atoms with van der Waals surface area (Å²) >= 11 is 0. The molecule has 0 bridgehead atoms. The van der Waals surface area contributed by atoms with E-state index in [1.165, 1.54) is 0 Å². The molecular weight excluding hydrogens is 368 g/mol. The molecule has 1 amide bonds. The summed E-state index contributed by atoms with van der Waals surface area (Å²) in [5.41, 5.74) is 4.01. The molecule has 0 unspecified atom stereocenters. The molecule has 1 saturated heterocycles. The lowest BCUT2D eigenvalue weighted by Gasteiger charge is -2.23. The van der Waals surface area contributed by atoms with Crippen LogP contribution in [0, 0.1) is 20.8 Å². The molecule has 2 aromatic heterocycles. The molecule has 1 aliphatic rings. The average Bonchev–Trinajstić information content (AvgIpc) is 3.23. The van der Waals surface area contributed by atoms with Gasteiger partial charge in [-0.2, -0.15) is 0 Å². The molecule has 7 heteroatoms. The highest BCUT2D eigenvalue weighted by Gasteiger charge is 2.22. The number of carbonyl (C=O) groups excluding carboxylic acids is 1. The molecule has 160 valence electrons. The second kappa shape index (κ2) is 10.1. The van der Waals surface area contributed by atoms with Gasteiger partial charge in [-0.3, -0.25) is 4.79 Å². The highest BCUT2D eigenvalue weighted by atomic mass is 16.5. The number of hydrogen-bond donors (Lipinski definition) is 1. The van der Waals surface area contributed by atoms with Crippen molar-refractivity contribution in [3.63, 3.8) is 0 Å². The molecule has 1 fully saturated rings. The predicted octanol–water partition coefficient (Wildman–Crippen LogP) is 2.97. The number of aromatic nitrogens is 3. The van der Waals surface area contributed by atoms with Gasteiger partial charge in [-0.05, 0) is 46.1 Å². The lowest BCUT2D eigenvalue weighted by molar-refractivity contribution is 0.0827. The van der Waals surface area contributed by atoms with E-state index < -0.39 is 0 Å². The summed E-state index contributed by atoms with van der Waals surface area (Å²) < 4.78 is 15.1. The van der Waals surface area contributed by atoms with Crippen LogP contribution in [0.4, 0.5) is 0 Å². The molecule has 3 heterocycles. The van der Waals surface area contributed by atoms with E-state index in [1.54, 1.807) is 7.11 Å². The van der Waals surface area contributed by atoms with Crippen molar-refractivity contribution in [3.8, 4) is 0 Å². The number of ether oxygens (including phenoxy) is 2. The van der Waals surface area contributed by atoms with E-state index in [2.05, 4.69) is 26.4 Å². The molecule has 0 atom stereocenters. The maximum absolute atomic E-state index is 12.8. The molecule has 0 radical (unpaired) electrons. The van der Waals surface area contributed by atoms with Crippen molar-refractivity contribution in [2.75, 3.05) is 33.5 Å². The topological polar surface area (TPSA) is 70.3 Å². The van der Waals surface area contributed by atoms with Crippen LogP contribution in [-0.4, -0.2) is 53.5 Å². The van der Waals surface area contributed by atoms with E-state index in [1.807, 2.05) is 26.1 Å². The smallest absolute Gasteiger partial charge is 0.253 e. The summed E-state index contributed by atoms with van der Waals surface area (Å²) in [5, 5.41) is 3.09. The quantitative estimate of drug-likeness (QED) is 0.655. The Kier molecular flexibility index (Phi) is 7.50. The molecule has 0 aromatic carbocycles. The molecule has 0 spiro atoms. The van der Waals surface area contributed by atoms with Gasteiger partial charge >= 0.3 is 0 Å². The van der Waals surface area contributed by atoms with Crippen LogP contribution >= 0.6 is 0 Å². The summed E-state index contributed by atoms with van der Waals surface area (Å²) in [5.74, 6) is 1.55. The van der Waals surface area contributed by atoms with Gasteiger partial charge in [0.1, 0.15) is 5.82 Å². The summed E-state index contributed by atoms with van der Waals surface area (Å²) in [4.78, 5) is 17.4. The number of imidazole rings is 1. The summed E-state index contributed by atoms with van der Waals surface area (Å²) in [6.45, 7) is 10.6. The van der Waals surface area contributed by atoms with Gasteiger partial charge < -0.3 is 23.9 Å². The van der Waals surface area contributed by atoms with Crippen molar-refractivity contribution in [2.24, 2.45) is 0 Å². The van der Waals surface area contributed by atoms with Crippen molar-refractivity contribution in [1.82, 2.24) is 19.4 Å². The highest BCUT2D eigenvalue weighted by Crippen LogP contribution is 2.26. The first-order valence-electron chi connectivity index (χ1n) is 10.6. The Morgan fingerprint density at radius 2 is 1.97 bits per heavy atom. The molecule has 0 saturated carbocycles. The van der Waals surface area contributed by atoms with Crippen LogP contribution in [0.25, 0.3) is 0 Å². The van der Waals surface area contributed by atoms with Gasteiger partial charge in [-0.15, -0.1) is 0 Å². The summed E-state index contributed by atoms with van der Waals surface area (Å²) in [6.07, 6.45) is 4.89. The molecule has 1 aliphatic heterocycles. The van der Waals surface area contributed by atoms with Crippen LogP contribution in [0.3, 0.4) is 0 Å². The Hall–Kier alpha value is -2.12. The first kappa shape index (κ1) is 21.6. The van der Waals surface area contributed by atoms with Crippen LogP contribution in [-0.2, 0) is 22.6 Å². The Labute approximate surface area is 173 Å². The lowest BCUT2D eigenvalue weighted by atomic mass is 9.99. The molecule has 0 aliphatic carbocycles. The fourth-order valence-electron chi connectivity index (χ4n) is 4.17. The maximum Gasteiger partial charge on any atom is 0.253 e. The second-order valence-electron chi connectivity index (χ2n) is 7.83. The maximum atomic E-state index is 12.8. The van der Waals surface area contributed by atoms with Crippen molar-refractivity contribution in [3.05, 3.63) is 40.7 Å². The van der Waals surface area contributed by atoms with Gasteiger partial charge in [0.25, 0.3) is 5.91 Å². The van der Waals surface area contributed by atoms with Gasteiger partial charge in [0.05, 0.1) is 5.56 Å². The number of amides is 1. The molecule has 29 heavy (non-hydrogen) atoms. The fraction of sp³-hybridized carbons (Fsp3) is 0.636. The van der Waals surface area contributed by atoms with Crippen molar-refractivity contribution in [1.29, 1.82) is 0 Å². The van der Waals surface area contributed by atoms with Crippen LogP contribution in [0.1, 0.15) is 58.4 Å². The van der Waals surface area contributed by atoms with Crippen LogP contribution < -0.4 is 5.32 Å². The number of hydrogen-bond acceptors (Lipinski definition) is 4. The zero-order chi connectivity index (χ0) is 20.8. The third kappa shape index (κ3) is 5.08. The van der Waals surface area contributed by atoms with Crippen LogP contribution in [0.2, 0.25) is 0 Å². The van der Waals surface area contributed by atoms with E-state index >= 15 is 0 Å². The van der Waals surface area contributed by atoms with E-state index in [9.17, 15) is 4.79 Å². The first-order valence-corrected chi connectivity index (χ1v) is 10.6. The minimum absolute atomic E-state index is 0.0125. The number of nitrogens with zero attached hydrogens (tertiary/aromatic N) is 3. The lowest BCUT2D eigenvalue weighted by Crippen LogP contribution is -2.29. The standard InChI is InChI=1S/C22H34N4O3/c1-16-14-20(18(3)25(16)9-5-11-28-4)22(27)23-8-10-26-17(2)15-24-21(26)19-6-12-29-13-7-19/h14-15,19H,5-13H2,1-4H3,(H,23,27). The summed E-state index contributed by atoms with van der Waals surface area (Å²) in [6, 6.07) is 1.98. The molecule has 1 N–H and O–H groups in total. The Bertz CT molecular complexity index is 818. The minimum Gasteiger partial charge on any atom is -0.385 e. The Morgan fingerprint density at radius 3 is 2.69 bits per heavy atom. The molecule has 2 aromatic rings. The van der Waals surface area contributed by atoms with Crippen molar-refractivity contribution >= 4 is 5.91 Å². The van der Waals surface area contributed by atoms with Gasteiger partial charge in [0, 0.05) is 75.8 Å². The monoisotopic (exact) mass is 402 g/mol. The largest absolute Gasteiger partial charge is 0.385 e. The summed E-state index contributed by atoms with van der Waals surface area (Å²) in [7, 11) is 1.71. The Morgan fingerprint density at radius 1 is 1.21 bits per heavy atom.